The van der Waals surface area contributed by atoms with E-state index in [9.17, 15) is 32.3 Å². The molecule has 1 saturated heterocycles. The van der Waals surface area contributed by atoms with Crippen molar-refractivity contribution in [2.24, 2.45) is 11.1 Å². The third-order valence-electron chi connectivity index (χ3n) is 7.53. The molecular weight excluding hydrogens is 509 g/mol. The Bertz CT molecular complexity index is 1110. The van der Waals surface area contributed by atoms with Crippen LogP contribution in [0.4, 0.5) is 22.8 Å². The van der Waals surface area contributed by atoms with Crippen molar-refractivity contribution in [3.8, 4) is 0 Å². The number of halogens is 3. The molecular formula is C25H31F3N4O6. The number of carbonyl (C=O) groups is 4. The second-order valence-corrected chi connectivity index (χ2v) is 10.3. The van der Waals surface area contributed by atoms with Gasteiger partial charge in [0.1, 0.15) is 25.3 Å². The van der Waals surface area contributed by atoms with Gasteiger partial charge < -0.3 is 25.4 Å². The van der Waals surface area contributed by atoms with Gasteiger partial charge in [0, 0.05) is 19.5 Å². The lowest BCUT2D eigenvalue weighted by molar-refractivity contribution is -0.231. The molecule has 4 rings (SSSR count). The standard InChI is InChI=1S/C25H31F3N4O6/c1-24(25(26,27)28)8-3-2-5-15-6-4-7-16-11-31(13-18(15)16)23(36)38-17-9-19(21(29)34)32(12-17)20(33)10-30-22(35)37-14-24/h4,6-7,17,19H,2-3,5,8-14H2,1H3,(H2,29,34)(H,30,35)/t17-,19+,24-/m1/s1. The summed E-state index contributed by atoms with van der Waals surface area (Å²) in [6, 6.07) is 4.57. The molecule has 4 bridgehead atoms. The molecule has 208 valence electrons. The minimum absolute atomic E-state index is 0.00671. The van der Waals surface area contributed by atoms with E-state index in [1.165, 1.54) is 4.90 Å². The quantitative estimate of drug-likeness (QED) is 0.563. The van der Waals surface area contributed by atoms with Gasteiger partial charge in [0.25, 0.3) is 0 Å². The van der Waals surface area contributed by atoms with Crippen LogP contribution in [0.1, 0.15) is 49.3 Å². The number of carbonyl (C=O) groups excluding carboxylic acids is 4. The lowest BCUT2D eigenvalue weighted by Crippen LogP contribution is -2.48. The van der Waals surface area contributed by atoms with Crippen LogP contribution in [-0.2, 0) is 38.6 Å². The number of rotatable bonds is 1. The van der Waals surface area contributed by atoms with Gasteiger partial charge in [0.05, 0.1) is 12.0 Å². The van der Waals surface area contributed by atoms with Crippen molar-refractivity contribution in [1.29, 1.82) is 0 Å². The van der Waals surface area contributed by atoms with Crippen LogP contribution in [-0.4, -0.2) is 71.8 Å². The van der Waals surface area contributed by atoms with E-state index in [0.717, 1.165) is 28.5 Å². The van der Waals surface area contributed by atoms with Crippen LogP contribution >= 0.6 is 0 Å². The third kappa shape index (κ3) is 5.81. The number of alkyl halides is 3. The van der Waals surface area contributed by atoms with E-state index in [1.807, 2.05) is 18.2 Å². The number of benzene rings is 1. The smallest absolute Gasteiger partial charge is 0.410 e. The van der Waals surface area contributed by atoms with Gasteiger partial charge in [-0.3, -0.25) is 14.5 Å². The highest BCUT2D eigenvalue weighted by molar-refractivity contribution is 5.89. The molecule has 3 aliphatic rings. The zero-order valence-corrected chi connectivity index (χ0v) is 21.0. The van der Waals surface area contributed by atoms with E-state index in [-0.39, 0.29) is 25.8 Å². The maximum atomic E-state index is 13.9. The topological polar surface area (TPSA) is 131 Å². The molecule has 13 heteroatoms. The molecule has 0 radical (unpaired) electrons. The number of fused-ring (bicyclic) bond motifs is 3. The van der Waals surface area contributed by atoms with Crippen molar-refractivity contribution in [2.75, 3.05) is 19.7 Å². The summed E-state index contributed by atoms with van der Waals surface area (Å²) in [5.74, 6) is -1.52. The van der Waals surface area contributed by atoms with Crippen molar-refractivity contribution in [3.05, 3.63) is 34.9 Å². The van der Waals surface area contributed by atoms with Crippen LogP contribution in [0.2, 0.25) is 0 Å². The number of nitrogens with two attached hydrogens (primary N) is 1. The number of hydrogen-bond donors (Lipinski definition) is 2. The largest absolute Gasteiger partial charge is 0.449 e. The number of alkyl carbamates (subject to hydrolysis) is 1. The number of ether oxygens (including phenoxy) is 2. The van der Waals surface area contributed by atoms with Gasteiger partial charge in [-0.1, -0.05) is 24.6 Å². The lowest BCUT2D eigenvalue weighted by atomic mass is 9.84. The zero-order valence-electron chi connectivity index (χ0n) is 21.0. The Hall–Kier alpha value is -3.51. The molecule has 0 saturated carbocycles. The average molecular weight is 541 g/mol. The highest BCUT2D eigenvalue weighted by atomic mass is 19.4. The minimum atomic E-state index is -4.62. The molecule has 3 atom stereocenters. The second kappa shape index (κ2) is 10.7. The Morgan fingerprint density at radius 3 is 2.61 bits per heavy atom. The van der Waals surface area contributed by atoms with Crippen molar-refractivity contribution in [3.63, 3.8) is 0 Å². The SMILES string of the molecule is C[C@@]1(C(F)(F)F)CCCCc2cccc3c2CN(C3)C(=O)O[C@@H]2C[C@@H](C(N)=O)N(C2)C(=O)CNC(=O)OC1. The Labute approximate surface area is 217 Å². The minimum Gasteiger partial charge on any atom is -0.449 e. The number of nitrogens with zero attached hydrogens (tertiary/aromatic N) is 2. The summed E-state index contributed by atoms with van der Waals surface area (Å²) < 4.78 is 52.1. The van der Waals surface area contributed by atoms with E-state index in [0.29, 0.717) is 25.9 Å². The monoisotopic (exact) mass is 540 g/mol. The normalized spacial score (nSPS) is 27.4. The van der Waals surface area contributed by atoms with Crippen LogP contribution in [0, 0.1) is 5.41 Å². The summed E-state index contributed by atoms with van der Waals surface area (Å²) >= 11 is 0. The maximum Gasteiger partial charge on any atom is 0.410 e. The molecule has 0 aliphatic carbocycles. The Balaban J connectivity index is 1.56. The van der Waals surface area contributed by atoms with Gasteiger partial charge >= 0.3 is 18.4 Å². The number of primary amides is 1. The van der Waals surface area contributed by atoms with Crippen molar-refractivity contribution in [2.45, 2.75) is 70.4 Å². The van der Waals surface area contributed by atoms with Gasteiger partial charge in [0.2, 0.25) is 11.8 Å². The van der Waals surface area contributed by atoms with Gasteiger partial charge in [-0.25, -0.2) is 9.59 Å². The van der Waals surface area contributed by atoms with E-state index in [2.05, 4.69) is 5.32 Å². The molecule has 4 amide bonds. The summed E-state index contributed by atoms with van der Waals surface area (Å²) in [5, 5.41) is 2.13. The van der Waals surface area contributed by atoms with E-state index >= 15 is 0 Å². The molecule has 3 N–H and O–H groups in total. The molecule has 0 aromatic heterocycles. The predicted molar refractivity (Wildman–Crippen MR) is 126 cm³/mol. The summed E-state index contributed by atoms with van der Waals surface area (Å²) in [4.78, 5) is 52.3. The predicted octanol–water partition coefficient (Wildman–Crippen LogP) is 2.61. The second-order valence-electron chi connectivity index (χ2n) is 10.3. The molecule has 3 aliphatic heterocycles. The van der Waals surface area contributed by atoms with Crippen molar-refractivity contribution >= 4 is 24.0 Å². The van der Waals surface area contributed by atoms with Crippen LogP contribution < -0.4 is 11.1 Å². The molecule has 10 nitrogen and oxygen atoms in total. The van der Waals surface area contributed by atoms with Crippen LogP contribution in [0.25, 0.3) is 0 Å². The van der Waals surface area contributed by atoms with Gasteiger partial charge in [-0.2, -0.15) is 13.2 Å². The Kier molecular flexibility index (Phi) is 7.75. The highest BCUT2D eigenvalue weighted by Gasteiger charge is 2.51. The number of amides is 4. The Morgan fingerprint density at radius 2 is 1.89 bits per heavy atom. The summed E-state index contributed by atoms with van der Waals surface area (Å²) in [5.41, 5.74) is 5.99. The lowest BCUT2D eigenvalue weighted by Gasteiger charge is -2.31. The van der Waals surface area contributed by atoms with Crippen LogP contribution in [0.5, 0.6) is 0 Å². The average Bonchev–Trinajstić information content (AvgIpc) is 3.48. The zero-order chi connectivity index (χ0) is 27.7. The van der Waals surface area contributed by atoms with Crippen LogP contribution in [0.3, 0.4) is 0 Å². The molecule has 1 aromatic rings. The Morgan fingerprint density at radius 1 is 1.16 bits per heavy atom. The summed E-state index contributed by atoms with van der Waals surface area (Å²) in [7, 11) is 0. The fraction of sp³-hybridized carbons (Fsp3) is 0.600. The fourth-order valence-electron chi connectivity index (χ4n) is 5.15. The van der Waals surface area contributed by atoms with Gasteiger partial charge in [0.15, 0.2) is 0 Å². The highest BCUT2D eigenvalue weighted by Crippen LogP contribution is 2.42. The number of nitrogens with one attached hydrogen (secondary N) is 1. The van der Waals surface area contributed by atoms with Gasteiger partial charge in [-0.05, 0) is 42.9 Å². The first kappa shape index (κ1) is 27.5. The number of cyclic esters (lactones) is 1. The number of hydrogen-bond acceptors (Lipinski definition) is 6. The number of aryl methyl sites for hydroxylation is 1. The van der Waals surface area contributed by atoms with E-state index in [1.54, 1.807) is 0 Å². The first-order valence-electron chi connectivity index (χ1n) is 12.5. The van der Waals surface area contributed by atoms with Crippen LogP contribution in [0.15, 0.2) is 18.2 Å². The van der Waals surface area contributed by atoms with E-state index in [4.69, 9.17) is 15.2 Å². The van der Waals surface area contributed by atoms with E-state index < -0.39 is 60.9 Å². The summed E-state index contributed by atoms with van der Waals surface area (Å²) in [6.07, 6.45) is -6.23. The van der Waals surface area contributed by atoms with Crippen molar-refractivity contribution < 1.29 is 41.8 Å². The molecule has 1 fully saturated rings. The third-order valence-corrected chi connectivity index (χ3v) is 7.53. The van der Waals surface area contributed by atoms with Crippen molar-refractivity contribution in [1.82, 2.24) is 15.1 Å². The maximum absolute atomic E-state index is 13.9. The molecule has 0 unspecified atom stereocenters. The first-order valence-corrected chi connectivity index (χ1v) is 12.5. The molecule has 0 spiro atoms. The summed E-state index contributed by atoms with van der Waals surface area (Å²) in [6.45, 7) is -0.0463. The first-order chi connectivity index (χ1) is 17.9. The van der Waals surface area contributed by atoms with Gasteiger partial charge in [-0.15, -0.1) is 0 Å². The molecule has 38 heavy (non-hydrogen) atoms. The fourth-order valence-corrected chi connectivity index (χ4v) is 5.15. The molecule has 1 aromatic carbocycles. The molecule has 3 heterocycles.